The van der Waals surface area contributed by atoms with Crippen LogP contribution in [0.15, 0.2) is 71.7 Å². The quantitative estimate of drug-likeness (QED) is 0.146. The highest BCUT2D eigenvalue weighted by molar-refractivity contribution is 6.30. The topological polar surface area (TPSA) is 106 Å². The number of aromatic nitrogens is 1. The van der Waals surface area contributed by atoms with Crippen molar-refractivity contribution in [1.29, 1.82) is 0 Å². The lowest BCUT2D eigenvalue weighted by Gasteiger charge is -2.47. The highest BCUT2D eigenvalue weighted by Crippen LogP contribution is 2.58. The fourth-order valence-corrected chi connectivity index (χ4v) is 10.3. The average molecular weight is 768 g/mol. The van der Waals surface area contributed by atoms with E-state index in [0.717, 1.165) is 73.7 Å². The molecule has 2 N–H and O–H groups in total. The lowest BCUT2D eigenvalue weighted by atomic mass is 9.59. The van der Waals surface area contributed by atoms with Gasteiger partial charge in [0.25, 0.3) is 0 Å². The van der Waals surface area contributed by atoms with E-state index in [9.17, 15) is 9.90 Å². The minimum Gasteiger partial charge on any atom is -0.493 e. The first-order chi connectivity index (χ1) is 26.6. The van der Waals surface area contributed by atoms with E-state index in [-0.39, 0.29) is 11.3 Å². The minimum atomic E-state index is -1.09. The number of anilines is 1. The van der Waals surface area contributed by atoms with Crippen molar-refractivity contribution in [3.63, 3.8) is 0 Å². The number of benzene rings is 2. The number of nitrogens with zero attached hydrogens (tertiary/aromatic N) is 2. The molecule has 1 saturated carbocycles. The molecule has 0 radical (unpaired) electrons. The molecule has 1 aliphatic heterocycles. The highest BCUT2D eigenvalue weighted by Gasteiger charge is 2.54. The lowest BCUT2D eigenvalue weighted by Crippen LogP contribution is -2.53. The second-order valence-corrected chi connectivity index (χ2v) is 17.4. The number of nitrogens with one attached hydrogen (secondary N) is 1. The predicted molar refractivity (Wildman–Crippen MR) is 214 cm³/mol. The average Bonchev–Trinajstić information content (AvgIpc) is 3.72. The number of ether oxygens (including phenoxy) is 3. The molecular weight excluding hydrogens is 714 g/mol. The summed E-state index contributed by atoms with van der Waals surface area (Å²) < 4.78 is 25.0. The van der Waals surface area contributed by atoms with Gasteiger partial charge in [0.15, 0.2) is 11.5 Å². The summed E-state index contributed by atoms with van der Waals surface area (Å²) in [6.45, 7) is 7.99. The number of aliphatic carboxylic acids is 1. The van der Waals surface area contributed by atoms with Crippen LogP contribution in [0.2, 0.25) is 5.02 Å². The molecule has 3 heterocycles. The molecule has 1 fully saturated rings. The number of carboxylic acid groups (broad SMARTS) is 1. The maximum absolute atomic E-state index is 13.1. The van der Waals surface area contributed by atoms with Crippen LogP contribution in [-0.2, 0) is 29.6 Å². The third kappa shape index (κ3) is 7.79. The molecule has 10 heteroatoms. The molecule has 1 spiro atoms. The maximum Gasteiger partial charge on any atom is 0.329 e. The smallest absolute Gasteiger partial charge is 0.329 e. The molecule has 55 heavy (non-hydrogen) atoms. The van der Waals surface area contributed by atoms with Crippen molar-refractivity contribution in [1.82, 2.24) is 9.88 Å². The van der Waals surface area contributed by atoms with Gasteiger partial charge in [-0.2, -0.15) is 0 Å². The van der Waals surface area contributed by atoms with Crippen molar-refractivity contribution >= 4 is 23.3 Å². The summed E-state index contributed by atoms with van der Waals surface area (Å²) in [5, 5.41) is 14.7. The molecule has 2 aromatic carbocycles. The van der Waals surface area contributed by atoms with E-state index in [2.05, 4.69) is 48.2 Å². The van der Waals surface area contributed by atoms with E-state index in [1.807, 2.05) is 36.5 Å². The molecule has 4 aromatic rings. The molecule has 0 amide bonds. The van der Waals surface area contributed by atoms with Crippen LogP contribution < -0.4 is 19.5 Å². The minimum absolute atomic E-state index is 0.197. The summed E-state index contributed by atoms with van der Waals surface area (Å²) in [5.74, 6) is 3.02. The molecule has 292 valence electrons. The number of carbonyl (C=O) groups is 1. The maximum atomic E-state index is 13.1. The van der Waals surface area contributed by atoms with Gasteiger partial charge in [-0.05, 0) is 142 Å². The van der Waals surface area contributed by atoms with Gasteiger partial charge in [0.1, 0.15) is 11.3 Å². The first kappa shape index (κ1) is 37.7. The van der Waals surface area contributed by atoms with Gasteiger partial charge in [-0.15, -0.1) is 0 Å². The van der Waals surface area contributed by atoms with E-state index in [4.69, 9.17) is 30.2 Å². The number of rotatable bonds is 12. The summed E-state index contributed by atoms with van der Waals surface area (Å²) in [6, 6.07) is 15.9. The van der Waals surface area contributed by atoms with E-state index < -0.39 is 11.5 Å². The van der Waals surface area contributed by atoms with Crippen molar-refractivity contribution in [2.24, 2.45) is 17.8 Å². The Labute approximate surface area is 329 Å². The standard InChI is InChI=1S/C45H54ClN3O6/c1-29(25-53-39-10-16-47-38-9-4-6-30(2)42(38)39)18-34-19-33-20-40-41(55-28-32(27-54-40)24-49(3)23-31-11-17-52-26-31)22-37(33)44(34)12-14-45(15-13-44,43(50)51)48-36-8-5-7-35(46)21-36/h5,7-8,10-11,16-17,20-22,26,29-30,32,34,48H,4,6,9,12-15,18-19,23-25,27-28H2,1-3H3,(H,50,51)/t29-,30-,32?,34+,44?,45?/m1/s1. The van der Waals surface area contributed by atoms with Crippen LogP contribution >= 0.6 is 11.6 Å². The Morgan fingerprint density at radius 1 is 1.11 bits per heavy atom. The van der Waals surface area contributed by atoms with Crippen molar-refractivity contribution in [3.8, 4) is 17.2 Å². The number of aryl methyl sites for hydroxylation is 1. The first-order valence-corrected chi connectivity index (χ1v) is 20.5. The molecule has 4 atom stereocenters. The SMILES string of the molecule is C[C@@H](COc1ccnc2c1[C@H](C)CCC2)C[C@H]1Cc2cc3c(cc2C12CCC(Nc1cccc(Cl)c1)(C(=O)O)CC2)OCC(CN(C)Cc1ccoc1)CO3. The molecular formula is C45H54ClN3O6. The Morgan fingerprint density at radius 2 is 1.91 bits per heavy atom. The van der Waals surface area contributed by atoms with Crippen LogP contribution in [0.25, 0.3) is 0 Å². The van der Waals surface area contributed by atoms with Crippen LogP contribution in [-0.4, -0.2) is 59.9 Å². The largest absolute Gasteiger partial charge is 0.493 e. The van der Waals surface area contributed by atoms with Gasteiger partial charge in [-0.25, -0.2) is 4.79 Å². The molecule has 4 aliphatic rings. The normalized spacial score (nSPS) is 26.2. The lowest BCUT2D eigenvalue weighted by molar-refractivity contribution is -0.144. The van der Waals surface area contributed by atoms with Crippen molar-refractivity contribution in [3.05, 3.63) is 100 Å². The van der Waals surface area contributed by atoms with Gasteiger partial charge < -0.3 is 34.0 Å². The highest BCUT2D eigenvalue weighted by atomic mass is 35.5. The van der Waals surface area contributed by atoms with Gasteiger partial charge in [0, 0.05) is 52.7 Å². The van der Waals surface area contributed by atoms with E-state index in [1.165, 1.54) is 35.2 Å². The predicted octanol–water partition coefficient (Wildman–Crippen LogP) is 9.31. The number of furan rings is 1. The number of hydrogen-bond acceptors (Lipinski definition) is 8. The Hall–Kier alpha value is -4.21. The fourth-order valence-electron chi connectivity index (χ4n) is 10.1. The van der Waals surface area contributed by atoms with Gasteiger partial charge >= 0.3 is 5.97 Å². The van der Waals surface area contributed by atoms with Crippen LogP contribution in [0.3, 0.4) is 0 Å². The summed E-state index contributed by atoms with van der Waals surface area (Å²) in [5.41, 5.74) is 5.64. The second-order valence-electron chi connectivity index (χ2n) is 17.0. The van der Waals surface area contributed by atoms with Gasteiger partial charge in [0.2, 0.25) is 0 Å². The van der Waals surface area contributed by atoms with Gasteiger partial charge in [-0.3, -0.25) is 4.98 Å². The van der Waals surface area contributed by atoms with Crippen molar-refractivity contribution < 1.29 is 28.5 Å². The van der Waals surface area contributed by atoms with Crippen molar-refractivity contribution in [2.45, 2.75) is 95.1 Å². The van der Waals surface area contributed by atoms with Gasteiger partial charge in [-0.1, -0.05) is 31.5 Å². The van der Waals surface area contributed by atoms with Crippen LogP contribution in [0.5, 0.6) is 17.2 Å². The summed E-state index contributed by atoms with van der Waals surface area (Å²) in [6.07, 6.45) is 13.1. The second kappa shape index (κ2) is 15.7. The Kier molecular flexibility index (Phi) is 10.8. The summed E-state index contributed by atoms with van der Waals surface area (Å²) in [7, 11) is 2.11. The molecule has 2 aromatic heterocycles. The molecule has 1 unspecified atom stereocenters. The Balaban J connectivity index is 1.03. The number of carboxylic acids is 1. The zero-order chi connectivity index (χ0) is 38.2. The fraction of sp³-hybridized carbons (Fsp3) is 0.511. The first-order valence-electron chi connectivity index (χ1n) is 20.1. The molecule has 3 aliphatic carbocycles. The molecule has 0 saturated heterocycles. The number of hydrogen-bond donors (Lipinski definition) is 2. The third-order valence-electron chi connectivity index (χ3n) is 12.9. The zero-order valence-corrected chi connectivity index (χ0v) is 33.1. The molecule has 0 bridgehead atoms. The third-order valence-corrected chi connectivity index (χ3v) is 13.1. The Morgan fingerprint density at radius 3 is 2.65 bits per heavy atom. The van der Waals surface area contributed by atoms with Crippen LogP contribution in [0.4, 0.5) is 5.69 Å². The van der Waals surface area contributed by atoms with Gasteiger partial charge in [0.05, 0.1) is 32.3 Å². The summed E-state index contributed by atoms with van der Waals surface area (Å²) in [4.78, 5) is 20.0. The van der Waals surface area contributed by atoms with E-state index in [0.29, 0.717) is 55.4 Å². The summed E-state index contributed by atoms with van der Waals surface area (Å²) >= 11 is 6.32. The Bertz CT molecular complexity index is 1970. The molecule has 8 rings (SSSR count). The molecule has 9 nitrogen and oxygen atoms in total. The number of halogens is 1. The monoisotopic (exact) mass is 767 g/mol. The number of fused-ring (bicyclic) bond motifs is 4. The van der Waals surface area contributed by atoms with Crippen LogP contribution in [0, 0.1) is 17.8 Å². The van der Waals surface area contributed by atoms with E-state index in [1.54, 1.807) is 18.6 Å². The van der Waals surface area contributed by atoms with E-state index >= 15 is 0 Å². The number of pyridine rings is 1. The van der Waals surface area contributed by atoms with Crippen LogP contribution in [0.1, 0.15) is 92.7 Å². The zero-order valence-electron chi connectivity index (χ0n) is 32.3. The van der Waals surface area contributed by atoms with Crippen molar-refractivity contribution in [2.75, 3.05) is 38.7 Å².